The summed E-state index contributed by atoms with van der Waals surface area (Å²) >= 11 is 0. The Morgan fingerprint density at radius 1 is 1.20 bits per heavy atom. The van der Waals surface area contributed by atoms with Crippen LogP contribution in [0.25, 0.3) is 0 Å². The minimum absolute atomic E-state index is 0.0216. The quantitative estimate of drug-likeness (QED) is 0.270. The molecule has 1 heterocycles. The summed E-state index contributed by atoms with van der Waals surface area (Å²) in [6.45, 7) is 3.19. The normalized spacial score (nSPS) is 23.1. The summed E-state index contributed by atoms with van der Waals surface area (Å²) in [7, 11) is -13.1. The van der Waals surface area contributed by atoms with Crippen LogP contribution in [0.1, 0.15) is 6.92 Å². The first-order valence-corrected chi connectivity index (χ1v) is 13.6. The first-order chi connectivity index (χ1) is 10.7. The van der Waals surface area contributed by atoms with Crippen molar-refractivity contribution in [2.45, 2.75) is 13.2 Å². The van der Waals surface area contributed by atoms with Gasteiger partial charge in [0.15, 0.2) is 6.29 Å². The van der Waals surface area contributed by atoms with Crippen LogP contribution in [0.3, 0.4) is 0 Å². The molecule has 0 aromatic rings. The number of hydrogen-bond acceptors (Lipinski definition) is 12. The molecule has 3 N–H and O–H groups in total. The second-order valence-corrected chi connectivity index (χ2v) is 11.0. The molecule has 0 amide bonds. The lowest BCUT2D eigenvalue weighted by Gasteiger charge is -1.98. The van der Waals surface area contributed by atoms with Crippen LogP contribution in [0.4, 0.5) is 0 Å². The van der Waals surface area contributed by atoms with Crippen molar-refractivity contribution in [3.8, 4) is 0 Å². The van der Waals surface area contributed by atoms with E-state index in [1.54, 1.807) is 6.92 Å². The van der Waals surface area contributed by atoms with Crippen molar-refractivity contribution < 1.29 is 52.7 Å². The largest absolute Gasteiger partial charge is 0.748 e. The third kappa shape index (κ3) is 51.6. The summed E-state index contributed by atoms with van der Waals surface area (Å²) in [6, 6.07) is 0. The minimum atomic E-state index is -3.92. The van der Waals surface area contributed by atoms with Crippen molar-refractivity contribution >= 4 is 37.9 Å². The molecule has 0 spiro atoms. The van der Waals surface area contributed by atoms with Gasteiger partial charge in [-0.3, -0.25) is 13.3 Å². The molecule has 1 fully saturated rings. The van der Waals surface area contributed by atoms with Crippen LogP contribution in [-0.2, 0) is 48.1 Å². The molecule has 2 atom stereocenters. The minimum Gasteiger partial charge on any atom is -0.748 e. The SMILES string of the molecule is CCOS(C)(=O)=O.CP1(=O)OCC(O)O1.CS(=O)(=O)[O-].CS(N)(=O)=O. The number of aliphatic hydroxyl groups is 1. The molecule has 0 saturated carbocycles. The summed E-state index contributed by atoms with van der Waals surface area (Å²) in [4.78, 5) is 0. The fourth-order valence-corrected chi connectivity index (χ4v) is 2.09. The van der Waals surface area contributed by atoms with E-state index >= 15 is 0 Å². The van der Waals surface area contributed by atoms with Gasteiger partial charge >= 0.3 is 7.60 Å². The first kappa shape index (κ1) is 29.6. The monoisotopic (exact) mass is 452 g/mol. The zero-order valence-electron chi connectivity index (χ0n) is 14.2. The van der Waals surface area contributed by atoms with E-state index in [0.29, 0.717) is 6.26 Å². The van der Waals surface area contributed by atoms with Crippen LogP contribution in [0.15, 0.2) is 0 Å². The van der Waals surface area contributed by atoms with Crippen LogP contribution < -0.4 is 5.14 Å². The van der Waals surface area contributed by atoms with Crippen molar-refractivity contribution in [3.63, 3.8) is 0 Å². The van der Waals surface area contributed by atoms with Crippen LogP contribution >= 0.6 is 7.60 Å². The maximum absolute atomic E-state index is 10.6. The summed E-state index contributed by atoms with van der Waals surface area (Å²) in [5, 5.41) is 12.9. The van der Waals surface area contributed by atoms with Gasteiger partial charge in [0.2, 0.25) is 10.0 Å². The van der Waals surface area contributed by atoms with E-state index in [2.05, 4.69) is 18.4 Å². The molecule has 156 valence electrons. The lowest BCUT2D eigenvalue weighted by Crippen LogP contribution is -2.07. The molecular formula is C8H23NO12PS3-. The molecule has 1 aliphatic heterocycles. The molecule has 0 aliphatic carbocycles. The number of primary sulfonamides is 1. The Morgan fingerprint density at radius 2 is 1.52 bits per heavy atom. The summed E-state index contributed by atoms with van der Waals surface area (Å²) in [5.41, 5.74) is 0. The Morgan fingerprint density at radius 3 is 1.56 bits per heavy atom. The molecule has 1 rings (SSSR count). The van der Waals surface area contributed by atoms with Gasteiger partial charge in [-0.05, 0) is 6.92 Å². The number of hydrogen-bond donors (Lipinski definition) is 2. The molecule has 25 heavy (non-hydrogen) atoms. The second-order valence-electron chi connectivity index (χ2n) is 4.27. The summed E-state index contributed by atoms with van der Waals surface area (Å²) in [5.74, 6) is 0. The lowest BCUT2D eigenvalue weighted by atomic mass is 10.7. The zero-order valence-corrected chi connectivity index (χ0v) is 17.5. The van der Waals surface area contributed by atoms with Crippen LogP contribution in [-0.4, -0.2) is 79.8 Å². The molecule has 0 radical (unpaired) electrons. The maximum Gasteiger partial charge on any atom is 0.330 e. The van der Waals surface area contributed by atoms with Gasteiger partial charge in [0, 0.05) is 12.9 Å². The topological polar surface area (TPSA) is 216 Å². The van der Waals surface area contributed by atoms with Crippen LogP contribution in [0.5, 0.6) is 0 Å². The van der Waals surface area contributed by atoms with Gasteiger partial charge in [-0.25, -0.2) is 22.0 Å². The van der Waals surface area contributed by atoms with E-state index < -0.39 is 44.1 Å². The smallest absolute Gasteiger partial charge is 0.330 e. The van der Waals surface area contributed by atoms with E-state index in [-0.39, 0.29) is 13.2 Å². The molecule has 0 aromatic carbocycles. The Kier molecular flexibility index (Phi) is 14.5. The fourth-order valence-electron chi connectivity index (χ4n) is 0.695. The van der Waals surface area contributed by atoms with Crippen molar-refractivity contribution in [1.82, 2.24) is 0 Å². The highest BCUT2D eigenvalue weighted by Crippen LogP contribution is 2.49. The van der Waals surface area contributed by atoms with Crippen molar-refractivity contribution in [2.24, 2.45) is 5.14 Å². The molecule has 1 aliphatic rings. The molecule has 0 bridgehead atoms. The Bertz CT molecular complexity index is 667. The van der Waals surface area contributed by atoms with E-state index in [1.165, 1.54) is 6.66 Å². The zero-order chi connectivity index (χ0) is 21.1. The lowest BCUT2D eigenvalue weighted by molar-refractivity contribution is 0.000971. The van der Waals surface area contributed by atoms with Gasteiger partial charge in [0.05, 0.1) is 29.2 Å². The van der Waals surface area contributed by atoms with E-state index in [0.717, 1.165) is 12.5 Å². The predicted octanol–water partition coefficient (Wildman–Crippen LogP) is -1.78. The molecule has 17 heteroatoms. The third-order valence-electron chi connectivity index (χ3n) is 1.10. The third-order valence-corrected chi connectivity index (χ3v) is 3.00. The van der Waals surface area contributed by atoms with Gasteiger partial charge in [0.1, 0.15) is 6.61 Å². The maximum atomic E-state index is 10.6. The van der Waals surface area contributed by atoms with E-state index in [4.69, 9.17) is 18.1 Å². The van der Waals surface area contributed by atoms with Gasteiger partial charge in [-0.1, -0.05) is 0 Å². The van der Waals surface area contributed by atoms with Crippen molar-refractivity contribution in [2.75, 3.05) is 38.6 Å². The molecule has 13 nitrogen and oxygen atoms in total. The molecular weight excluding hydrogens is 429 g/mol. The average Bonchev–Trinajstić information content (AvgIpc) is 2.50. The number of aliphatic hydroxyl groups excluding tert-OH is 1. The highest BCUT2D eigenvalue weighted by Gasteiger charge is 2.30. The van der Waals surface area contributed by atoms with Crippen molar-refractivity contribution in [3.05, 3.63) is 0 Å². The van der Waals surface area contributed by atoms with Gasteiger partial charge < -0.3 is 14.2 Å². The summed E-state index contributed by atoms with van der Waals surface area (Å²) in [6.07, 6.45) is 1.57. The summed E-state index contributed by atoms with van der Waals surface area (Å²) < 4.78 is 89.9. The average molecular weight is 452 g/mol. The van der Waals surface area contributed by atoms with Crippen molar-refractivity contribution in [1.29, 1.82) is 0 Å². The van der Waals surface area contributed by atoms with Gasteiger partial charge in [-0.15, -0.1) is 0 Å². The standard InChI is InChI=1S/C3H7O4P.C3H8O3S.CH5NO2S.CH4O3S/c1-8(5)6-2-3(4)7-8;1-3-6-7(2,4)5;2*1-5(2,3)4/h3-4H,2H2,1H3;3H2,1-2H3;1H3,(H2,2,3,4);1H3,(H,2,3,4)/p-1. The Hall–Kier alpha value is -0.160. The fraction of sp³-hybridized carbons (Fsp3) is 1.00. The van der Waals surface area contributed by atoms with E-state index in [1.807, 2.05) is 0 Å². The number of nitrogens with two attached hydrogens (primary N) is 1. The molecule has 1 saturated heterocycles. The number of rotatable bonds is 2. The Labute approximate surface area is 147 Å². The molecule has 0 aromatic heterocycles. The predicted molar refractivity (Wildman–Crippen MR) is 87.7 cm³/mol. The second kappa shape index (κ2) is 12.3. The number of sulfonamides is 1. The first-order valence-electron chi connectivity index (χ1n) is 5.98. The Balaban J connectivity index is -0.000000265. The van der Waals surface area contributed by atoms with Crippen LogP contribution in [0, 0.1) is 0 Å². The highest BCUT2D eigenvalue weighted by atomic mass is 32.2. The molecule has 2 unspecified atom stereocenters. The van der Waals surface area contributed by atoms with Gasteiger partial charge in [0.25, 0.3) is 10.1 Å². The van der Waals surface area contributed by atoms with E-state index in [9.17, 15) is 21.4 Å². The highest BCUT2D eigenvalue weighted by molar-refractivity contribution is 7.88. The van der Waals surface area contributed by atoms with Crippen LogP contribution in [0.2, 0.25) is 0 Å². The van der Waals surface area contributed by atoms with Gasteiger partial charge in [-0.2, -0.15) is 8.42 Å².